The number of nitrogens with zero attached hydrogens (tertiary/aromatic N) is 1. The average Bonchev–Trinajstić information content (AvgIpc) is 3.40. The quantitative estimate of drug-likeness (QED) is 0.754. The van der Waals surface area contributed by atoms with E-state index in [0.29, 0.717) is 11.5 Å². The van der Waals surface area contributed by atoms with Crippen LogP contribution in [-0.2, 0) is 19.4 Å². The van der Waals surface area contributed by atoms with Crippen molar-refractivity contribution in [2.75, 3.05) is 0 Å². The van der Waals surface area contributed by atoms with Gasteiger partial charge < -0.3 is 10.6 Å². The van der Waals surface area contributed by atoms with Crippen LogP contribution in [0, 0.1) is 0 Å². The van der Waals surface area contributed by atoms with Crippen molar-refractivity contribution >= 4 is 6.03 Å². The molecule has 1 aliphatic rings. The summed E-state index contributed by atoms with van der Waals surface area (Å²) in [4.78, 5) is 24.2. The molecule has 3 rings (SSSR count). The third-order valence-corrected chi connectivity index (χ3v) is 4.73. The van der Waals surface area contributed by atoms with Gasteiger partial charge in [0, 0.05) is 17.5 Å². The fraction of sp³-hybridized carbons (Fsp3) is 0.421. The predicted molar refractivity (Wildman–Crippen MR) is 96.6 cm³/mol. The number of carbonyl (C=O) groups is 1. The standard InChI is InChI=1S/C19H24N4O2/c1-3-13-15(18(24)23-22-16(13)4-2)11-20-19(25)21-17-10-14(17)12-8-6-5-7-9-12/h5-9,14,17H,3-4,10-11H2,1-2H3,(H,23,24)(H2,20,21,25). The van der Waals surface area contributed by atoms with Crippen LogP contribution in [0.1, 0.15) is 48.6 Å². The summed E-state index contributed by atoms with van der Waals surface area (Å²) >= 11 is 0. The number of H-pyrrole nitrogens is 1. The Labute approximate surface area is 147 Å². The number of amides is 2. The number of rotatable bonds is 6. The highest BCUT2D eigenvalue weighted by atomic mass is 16.2. The SMILES string of the molecule is CCc1n[nH]c(=O)c(CNC(=O)NC2CC2c2ccccc2)c1CC. The molecule has 25 heavy (non-hydrogen) atoms. The summed E-state index contributed by atoms with van der Waals surface area (Å²) < 4.78 is 0. The molecular weight excluding hydrogens is 316 g/mol. The van der Waals surface area contributed by atoms with E-state index >= 15 is 0 Å². The summed E-state index contributed by atoms with van der Waals surface area (Å²) in [5, 5.41) is 12.4. The Morgan fingerprint density at radius 2 is 1.96 bits per heavy atom. The van der Waals surface area contributed by atoms with Gasteiger partial charge in [0.05, 0.1) is 12.2 Å². The lowest BCUT2D eigenvalue weighted by atomic mass is 10.0. The van der Waals surface area contributed by atoms with Crippen molar-refractivity contribution in [1.82, 2.24) is 20.8 Å². The Bertz CT molecular complexity index is 801. The summed E-state index contributed by atoms with van der Waals surface area (Å²) in [6.45, 7) is 4.21. The zero-order valence-corrected chi connectivity index (χ0v) is 14.6. The second-order valence-corrected chi connectivity index (χ2v) is 6.35. The molecule has 0 saturated heterocycles. The summed E-state index contributed by atoms with van der Waals surface area (Å²) in [6.07, 6.45) is 2.42. The number of aromatic nitrogens is 2. The smallest absolute Gasteiger partial charge is 0.315 e. The molecule has 1 saturated carbocycles. The maximum atomic E-state index is 12.2. The van der Waals surface area contributed by atoms with E-state index in [1.165, 1.54) is 5.56 Å². The molecule has 0 radical (unpaired) electrons. The van der Waals surface area contributed by atoms with Crippen LogP contribution in [0.2, 0.25) is 0 Å². The van der Waals surface area contributed by atoms with E-state index in [-0.39, 0.29) is 24.2 Å². The van der Waals surface area contributed by atoms with Crippen LogP contribution in [0.4, 0.5) is 4.79 Å². The molecule has 1 aromatic heterocycles. The Morgan fingerprint density at radius 1 is 1.20 bits per heavy atom. The zero-order chi connectivity index (χ0) is 17.8. The number of urea groups is 1. The first-order chi connectivity index (χ1) is 12.1. The molecule has 2 unspecified atom stereocenters. The van der Waals surface area contributed by atoms with Crippen molar-refractivity contribution in [1.29, 1.82) is 0 Å². The van der Waals surface area contributed by atoms with E-state index in [1.54, 1.807) is 0 Å². The fourth-order valence-electron chi connectivity index (χ4n) is 3.27. The molecule has 2 amide bonds. The molecule has 0 aliphatic heterocycles. The maximum absolute atomic E-state index is 12.2. The molecule has 1 heterocycles. The number of hydrogen-bond acceptors (Lipinski definition) is 3. The van der Waals surface area contributed by atoms with Crippen molar-refractivity contribution in [3.63, 3.8) is 0 Å². The van der Waals surface area contributed by atoms with Crippen LogP contribution >= 0.6 is 0 Å². The van der Waals surface area contributed by atoms with E-state index in [0.717, 1.165) is 30.5 Å². The number of benzene rings is 1. The number of aromatic amines is 1. The van der Waals surface area contributed by atoms with Gasteiger partial charge in [-0.3, -0.25) is 4.79 Å². The van der Waals surface area contributed by atoms with E-state index in [2.05, 4.69) is 33.0 Å². The van der Waals surface area contributed by atoms with E-state index in [1.807, 2.05) is 32.0 Å². The normalized spacial score (nSPS) is 18.6. The van der Waals surface area contributed by atoms with Crippen LogP contribution < -0.4 is 16.2 Å². The summed E-state index contributed by atoms with van der Waals surface area (Å²) in [5.41, 5.74) is 3.42. The molecule has 6 nitrogen and oxygen atoms in total. The lowest BCUT2D eigenvalue weighted by molar-refractivity contribution is 0.240. The Hall–Kier alpha value is -2.63. The van der Waals surface area contributed by atoms with Gasteiger partial charge in [0.1, 0.15) is 0 Å². The van der Waals surface area contributed by atoms with Gasteiger partial charge in [0.2, 0.25) is 0 Å². The molecule has 3 N–H and O–H groups in total. The molecule has 1 aliphatic carbocycles. The Balaban J connectivity index is 1.58. The fourth-order valence-corrected chi connectivity index (χ4v) is 3.27. The zero-order valence-electron chi connectivity index (χ0n) is 14.6. The molecule has 0 spiro atoms. The van der Waals surface area contributed by atoms with E-state index < -0.39 is 0 Å². The van der Waals surface area contributed by atoms with Crippen LogP contribution in [0.3, 0.4) is 0 Å². The maximum Gasteiger partial charge on any atom is 0.315 e. The van der Waals surface area contributed by atoms with Gasteiger partial charge in [-0.25, -0.2) is 9.89 Å². The first kappa shape index (κ1) is 17.2. The topological polar surface area (TPSA) is 86.9 Å². The minimum absolute atomic E-state index is 0.162. The third-order valence-electron chi connectivity index (χ3n) is 4.73. The average molecular weight is 340 g/mol. The third kappa shape index (κ3) is 3.90. The molecule has 1 fully saturated rings. The molecule has 2 atom stereocenters. The van der Waals surface area contributed by atoms with Crippen LogP contribution in [0.15, 0.2) is 35.1 Å². The number of nitrogens with one attached hydrogen (secondary N) is 3. The molecule has 2 aromatic rings. The Kier molecular flexibility index (Phi) is 5.16. The minimum atomic E-state index is -0.236. The largest absolute Gasteiger partial charge is 0.335 e. The van der Waals surface area contributed by atoms with Crippen LogP contribution in [0.25, 0.3) is 0 Å². The monoisotopic (exact) mass is 340 g/mol. The molecule has 6 heteroatoms. The van der Waals surface area contributed by atoms with Crippen LogP contribution in [-0.4, -0.2) is 22.3 Å². The molecule has 1 aromatic carbocycles. The highest BCUT2D eigenvalue weighted by Crippen LogP contribution is 2.40. The van der Waals surface area contributed by atoms with Crippen LogP contribution in [0.5, 0.6) is 0 Å². The second-order valence-electron chi connectivity index (χ2n) is 6.35. The van der Waals surface area contributed by atoms with Crippen molar-refractivity contribution in [2.24, 2.45) is 0 Å². The van der Waals surface area contributed by atoms with Crippen molar-refractivity contribution in [3.05, 3.63) is 63.1 Å². The van der Waals surface area contributed by atoms with Crippen molar-refractivity contribution in [2.45, 2.75) is 51.6 Å². The van der Waals surface area contributed by atoms with Gasteiger partial charge in [0.15, 0.2) is 0 Å². The van der Waals surface area contributed by atoms with Crippen molar-refractivity contribution < 1.29 is 4.79 Å². The minimum Gasteiger partial charge on any atom is -0.335 e. The predicted octanol–water partition coefficient (Wildman–Crippen LogP) is 2.25. The van der Waals surface area contributed by atoms with Gasteiger partial charge in [0.25, 0.3) is 5.56 Å². The second kappa shape index (κ2) is 7.51. The molecule has 132 valence electrons. The highest BCUT2D eigenvalue weighted by molar-refractivity contribution is 5.75. The van der Waals surface area contributed by atoms with Gasteiger partial charge in [-0.2, -0.15) is 5.10 Å². The van der Waals surface area contributed by atoms with E-state index in [9.17, 15) is 9.59 Å². The van der Waals surface area contributed by atoms with Gasteiger partial charge in [-0.1, -0.05) is 44.2 Å². The molecule has 0 bridgehead atoms. The number of aryl methyl sites for hydroxylation is 1. The summed E-state index contributed by atoms with van der Waals surface area (Å²) in [5.74, 6) is 0.383. The first-order valence-electron chi connectivity index (χ1n) is 8.82. The lowest BCUT2D eigenvalue weighted by Crippen LogP contribution is -2.38. The lowest BCUT2D eigenvalue weighted by Gasteiger charge is -2.12. The summed E-state index contributed by atoms with van der Waals surface area (Å²) in [7, 11) is 0. The highest BCUT2D eigenvalue weighted by Gasteiger charge is 2.39. The van der Waals surface area contributed by atoms with Gasteiger partial charge in [-0.15, -0.1) is 0 Å². The number of carbonyl (C=O) groups excluding carboxylic acids is 1. The van der Waals surface area contributed by atoms with Gasteiger partial charge >= 0.3 is 6.03 Å². The molecular formula is C19H24N4O2. The number of hydrogen-bond donors (Lipinski definition) is 3. The van der Waals surface area contributed by atoms with Gasteiger partial charge in [-0.05, 0) is 30.4 Å². The summed E-state index contributed by atoms with van der Waals surface area (Å²) in [6, 6.07) is 10.1. The van der Waals surface area contributed by atoms with Crippen molar-refractivity contribution in [3.8, 4) is 0 Å². The Morgan fingerprint density at radius 3 is 2.64 bits per heavy atom. The first-order valence-corrected chi connectivity index (χ1v) is 8.82. The van der Waals surface area contributed by atoms with E-state index in [4.69, 9.17) is 0 Å².